The highest BCUT2D eigenvalue weighted by atomic mass is 32.1. The van der Waals surface area contributed by atoms with E-state index in [0.717, 1.165) is 21.7 Å². The van der Waals surface area contributed by atoms with Crippen molar-refractivity contribution in [3.63, 3.8) is 0 Å². The number of hydrogen-bond acceptors (Lipinski definition) is 7. The zero-order chi connectivity index (χ0) is 27.8. The Labute approximate surface area is 231 Å². The molecule has 0 saturated heterocycles. The van der Waals surface area contributed by atoms with E-state index in [1.807, 2.05) is 45.0 Å². The average Bonchev–Trinajstić information content (AvgIpc) is 3.60. The number of nitrogens with one attached hydrogen (secondary N) is 1. The molecule has 1 aromatic heterocycles. The summed E-state index contributed by atoms with van der Waals surface area (Å²) in [4.78, 5) is 47.2. The predicted octanol–water partition coefficient (Wildman–Crippen LogP) is 4.08. The quantitative estimate of drug-likeness (QED) is 0.391. The second kappa shape index (κ2) is 10.9. The Morgan fingerprint density at radius 2 is 1.90 bits per heavy atom. The van der Waals surface area contributed by atoms with E-state index in [4.69, 9.17) is 0 Å². The van der Waals surface area contributed by atoms with Crippen LogP contribution in [0.2, 0.25) is 0 Å². The molecular formula is C30H33N3O5S. The van der Waals surface area contributed by atoms with Crippen LogP contribution in [-0.2, 0) is 22.7 Å². The average molecular weight is 548 g/mol. The molecule has 1 unspecified atom stereocenters. The second-order valence-corrected chi connectivity index (χ2v) is 11.7. The smallest absolute Gasteiger partial charge is 0.255 e. The summed E-state index contributed by atoms with van der Waals surface area (Å²) in [6.45, 7) is 6.16. The number of nitrogens with zero attached hydrogens (tertiary/aromatic N) is 2. The number of phenolic OH excluding ortho intramolecular Hbond substituents is 1. The lowest BCUT2D eigenvalue weighted by Crippen LogP contribution is -2.49. The van der Waals surface area contributed by atoms with Gasteiger partial charge in [0.2, 0.25) is 5.91 Å². The predicted molar refractivity (Wildman–Crippen MR) is 148 cm³/mol. The third-order valence-corrected chi connectivity index (χ3v) is 8.87. The Balaban J connectivity index is 1.29. The van der Waals surface area contributed by atoms with Gasteiger partial charge in [-0.2, -0.15) is 0 Å². The number of hydrogen-bond donors (Lipinski definition) is 3. The van der Waals surface area contributed by atoms with E-state index in [0.29, 0.717) is 17.7 Å². The van der Waals surface area contributed by atoms with Crippen molar-refractivity contribution in [2.75, 3.05) is 0 Å². The Morgan fingerprint density at radius 1 is 1.15 bits per heavy atom. The first-order valence-corrected chi connectivity index (χ1v) is 14.1. The van der Waals surface area contributed by atoms with Gasteiger partial charge in [-0.3, -0.25) is 14.4 Å². The third-order valence-electron chi connectivity index (χ3n) is 7.89. The standard InChI is InChI=1S/C30H33N3O5S/c1-16(2)26(33-14-20-6-4-5-7-22(20)30(33)38)27(36)23-11-21(34)12-24(23)29(37)31-13-19-9-8-18(10-25(19)35)28-17(3)32-15-39-28/h4-10,15-16,21,23-24,26,34-35H,11-14H2,1-3H3,(H,31,37)/t21-,23?,24+,26-/m0/s1. The molecule has 1 saturated carbocycles. The molecule has 2 aliphatic rings. The number of thiazole rings is 1. The normalized spacial score (nSPS) is 21.3. The van der Waals surface area contributed by atoms with Gasteiger partial charge in [0.25, 0.3) is 5.91 Å². The molecule has 1 aliphatic heterocycles. The molecule has 0 bridgehead atoms. The lowest BCUT2D eigenvalue weighted by atomic mass is 9.83. The molecule has 9 heteroatoms. The van der Waals surface area contributed by atoms with Crippen molar-refractivity contribution in [3.8, 4) is 16.2 Å². The van der Waals surface area contributed by atoms with E-state index in [1.54, 1.807) is 28.6 Å². The van der Waals surface area contributed by atoms with Crippen molar-refractivity contribution in [3.05, 3.63) is 70.4 Å². The summed E-state index contributed by atoms with van der Waals surface area (Å²) in [6, 6.07) is 12.0. The Kier molecular flexibility index (Phi) is 7.55. The number of benzene rings is 2. The maximum absolute atomic E-state index is 13.9. The largest absolute Gasteiger partial charge is 0.508 e. The van der Waals surface area contributed by atoms with Crippen LogP contribution in [0.1, 0.15) is 53.9 Å². The van der Waals surface area contributed by atoms with Crippen molar-refractivity contribution < 1.29 is 24.6 Å². The van der Waals surface area contributed by atoms with E-state index < -0.39 is 24.0 Å². The van der Waals surface area contributed by atoms with Gasteiger partial charge in [-0.05, 0) is 48.9 Å². The summed E-state index contributed by atoms with van der Waals surface area (Å²) >= 11 is 1.49. The van der Waals surface area contributed by atoms with Crippen molar-refractivity contribution in [1.82, 2.24) is 15.2 Å². The van der Waals surface area contributed by atoms with Gasteiger partial charge in [0, 0.05) is 30.1 Å². The van der Waals surface area contributed by atoms with E-state index in [2.05, 4.69) is 10.3 Å². The maximum atomic E-state index is 13.9. The molecule has 0 radical (unpaired) electrons. The van der Waals surface area contributed by atoms with Crippen molar-refractivity contribution >= 4 is 28.9 Å². The number of aromatic nitrogens is 1. The number of fused-ring (bicyclic) bond motifs is 1. The minimum absolute atomic E-state index is 0.0617. The fourth-order valence-electron chi connectivity index (χ4n) is 5.93. The van der Waals surface area contributed by atoms with Gasteiger partial charge in [-0.25, -0.2) is 4.98 Å². The van der Waals surface area contributed by atoms with Crippen LogP contribution in [0.3, 0.4) is 0 Å². The Morgan fingerprint density at radius 3 is 2.56 bits per heavy atom. The van der Waals surface area contributed by atoms with Gasteiger partial charge in [0.05, 0.1) is 34.1 Å². The molecule has 2 aromatic carbocycles. The van der Waals surface area contributed by atoms with Crippen LogP contribution < -0.4 is 5.32 Å². The number of carbonyl (C=O) groups is 3. The molecule has 5 rings (SSSR count). The zero-order valence-corrected chi connectivity index (χ0v) is 23.1. The van der Waals surface area contributed by atoms with Crippen LogP contribution in [0, 0.1) is 24.7 Å². The van der Waals surface area contributed by atoms with Gasteiger partial charge in [-0.15, -0.1) is 11.3 Å². The molecule has 1 aliphatic carbocycles. The van der Waals surface area contributed by atoms with Gasteiger partial charge >= 0.3 is 0 Å². The highest BCUT2D eigenvalue weighted by Crippen LogP contribution is 2.38. The number of amides is 2. The fourth-order valence-corrected chi connectivity index (χ4v) is 6.73. The SMILES string of the molecule is Cc1ncsc1-c1ccc(CNC(=O)[C@@H]2C[C@@H](O)CC2C(=O)[C@H](C(C)C)N2Cc3ccccc3C2=O)c(O)c1. The lowest BCUT2D eigenvalue weighted by molar-refractivity contribution is -0.136. The summed E-state index contributed by atoms with van der Waals surface area (Å²) < 4.78 is 0. The lowest BCUT2D eigenvalue weighted by Gasteiger charge is -2.33. The van der Waals surface area contributed by atoms with Gasteiger partial charge in [-0.1, -0.05) is 44.2 Å². The van der Waals surface area contributed by atoms with Crippen molar-refractivity contribution in [2.45, 2.75) is 58.8 Å². The molecule has 0 spiro atoms. The number of phenols is 1. The first-order valence-electron chi connectivity index (χ1n) is 13.3. The number of Topliss-reactive ketones (excluding diaryl/α,β-unsaturated/α-hetero) is 1. The zero-order valence-electron chi connectivity index (χ0n) is 22.3. The minimum atomic E-state index is -0.774. The second-order valence-electron chi connectivity index (χ2n) is 10.8. The molecule has 3 N–H and O–H groups in total. The number of carbonyl (C=O) groups excluding carboxylic acids is 3. The highest BCUT2D eigenvalue weighted by Gasteiger charge is 2.47. The summed E-state index contributed by atoms with van der Waals surface area (Å²) in [7, 11) is 0. The Hall–Kier alpha value is -3.56. The van der Waals surface area contributed by atoms with Gasteiger partial charge in [0.1, 0.15) is 5.75 Å². The highest BCUT2D eigenvalue weighted by molar-refractivity contribution is 7.13. The molecular weight excluding hydrogens is 514 g/mol. The minimum Gasteiger partial charge on any atom is -0.508 e. The first-order chi connectivity index (χ1) is 18.7. The maximum Gasteiger partial charge on any atom is 0.255 e. The van der Waals surface area contributed by atoms with E-state index in [9.17, 15) is 24.6 Å². The third kappa shape index (κ3) is 5.21. The van der Waals surface area contributed by atoms with Crippen molar-refractivity contribution in [1.29, 1.82) is 0 Å². The van der Waals surface area contributed by atoms with Gasteiger partial charge < -0.3 is 20.4 Å². The number of rotatable bonds is 8. The van der Waals surface area contributed by atoms with Crippen LogP contribution in [0.15, 0.2) is 48.0 Å². The van der Waals surface area contributed by atoms with Crippen LogP contribution in [-0.4, -0.2) is 49.8 Å². The summed E-state index contributed by atoms with van der Waals surface area (Å²) in [5.41, 5.74) is 5.54. The Bertz CT molecular complexity index is 1420. The van der Waals surface area contributed by atoms with Gasteiger partial charge in [0.15, 0.2) is 5.78 Å². The summed E-state index contributed by atoms with van der Waals surface area (Å²) in [5, 5.41) is 23.9. The molecule has 39 heavy (non-hydrogen) atoms. The molecule has 3 aromatic rings. The van der Waals surface area contributed by atoms with E-state index in [-0.39, 0.29) is 48.7 Å². The molecule has 4 atom stereocenters. The summed E-state index contributed by atoms with van der Waals surface area (Å²) in [6.07, 6.45) is -0.413. The van der Waals surface area contributed by atoms with E-state index >= 15 is 0 Å². The van der Waals surface area contributed by atoms with Crippen LogP contribution in [0.4, 0.5) is 0 Å². The molecule has 8 nitrogen and oxygen atoms in total. The number of aliphatic hydroxyl groups is 1. The van der Waals surface area contributed by atoms with Crippen molar-refractivity contribution in [2.24, 2.45) is 17.8 Å². The molecule has 2 amide bonds. The van der Waals surface area contributed by atoms with Crippen LogP contribution in [0.25, 0.3) is 10.4 Å². The number of aromatic hydroxyl groups is 1. The first kappa shape index (κ1) is 27.0. The topological polar surface area (TPSA) is 120 Å². The number of aryl methyl sites for hydroxylation is 1. The monoisotopic (exact) mass is 547 g/mol. The molecule has 204 valence electrons. The number of ketones is 1. The van der Waals surface area contributed by atoms with E-state index in [1.165, 1.54) is 11.3 Å². The van der Waals surface area contributed by atoms with Crippen LogP contribution >= 0.6 is 11.3 Å². The molecule has 2 heterocycles. The molecule has 1 fully saturated rings. The number of aliphatic hydroxyl groups excluding tert-OH is 1. The summed E-state index contributed by atoms with van der Waals surface area (Å²) in [5.74, 6) is -2.21. The fraction of sp³-hybridized carbons (Fsp3) is 0.400. The van der Waals surface area contributed by atoms with Crippen LogP contribution in [0.5, 0.6) is 5.75 Å².